The van der Waals surface area contributed by atoms with Crippen LogP contribution in [0.4, 0.5) is 22.4 Å². The first-order chi connectivity index (χ1) is 21.9. The quantitative estimate of drug-likeness (QED) is 0.198. The molecule has 1 saturated heterocycles. The molecule has 8 nitrogen and oxygen atoms in total. The summed E-state index contributed by atoms with van der Waals surface area (Å²) in [6.45, 7) is 3.70. The molecule has 46 heavy (non-hydrogen) atoms. The molecule has 0 atom stereocenters. The molecule has 1 fully saturated rings. The van der Waals surface area contributed by atoms with E-state index in [-0.39, 0.29) is 28.9 Å². The number of oxazole rings is 1. The number of nitrogens with one attached hydrogen (secondary N) is 1. The van der Waals surface area contributed by atoms with E-state index in [1.54, 1.807) is 36.4 Å². The van der Waals surface area contributed by atoms with Gasteiger partial charge in [-0.2, -0.15) is 18.4 Å². The van der Waals surface area contributed by atoms with Crippen LogP contribution in [0.1, 0.15) is 70.8 Å². The predicted octanol–water partition coefficient (Wildman–Crippen LogP) is 7.76. The predicted molar refractivity (Wildman–Crippen MR) is 161 cm³/mol. The number of hydrogen-bond acceptors (Lipinski definition) is 6. The molecule has 2 amide bonds. The number of aromatic nitrogens is 1. The van der Waals surface area contributed by atoms with E-state index in [2.05, 4.69) is 16.4 Å². The first-order valence-electron chi connectivity index (χ1n) is 14.9. The number of carbonyl (C=O) groups is 2. The van der Waals surface area contributed by atoms with Crippen molar-refractivity contribution in [2.75, 3.05) is 19.6 Å². The van der Waals surface area contributed by atoms with Crippen molar-refractivity contribution in [3.05, 3.63) is 88.0 Å². The molecule has 0 bridgehead atoms. The number of piperidine rings is 1. The maximum absolute atomic E-state index is 13.1. The van der Waals surface area contributed by atoms with Gasteiger partial charge in [-0.25, -0.2) is 14.2 Å². The summed E-state index contributed by atoms with van der Waals surface area (Å²) in [6.07, 6.45) is -4.09. The molecule has 1 aromatic heterocycles. The van der Waals surface area contributed by atoms with Gasteiger partial charge in [-0.3, -0.25) is 4.79 Å². The number of hydrogen-bond donors (Lipinski definition) is 1. The van der Waals surface area contributed by atoms with Crippen molar-refractivity contribution in [1.29, 1.82) is 5.26 Å². The number of amides is 2. The third-order valence-electron chi connectivity index (χ3n) is 7.98. The van der Waals surface area contributed by atoms with Gasteiger partial charge in [-0.05, 0) is 90.4 Å². The van der Waals surface area contributed by atoms with Crippen molar-refractivity contribution < 1.29 is 36.3 Å². The van der Waals surface area contributed by atoms with Gasteiger partial charge in [0.15, 0.2) is 5.58 Å². The van der Waals surface area contributed by atoms with Gasteiger partial charge in [0, 0.05) is 36.3 Å². The summed E-state index contributed by atoms with van der Waals surface area (Å²) in [7, 11) is 0. The van der Waals surface area contributed by atoms with E-state index in [9.17, 15) is 32.4 Å². The summed E-state index contributed by atoms with van der Waals surface area (Å²) < 4.78 is 63.6. The highest BCUT2D eigenvalue weighted by Crippen LogP contribution is 2.33. The second-order valence-electron chi connectivity index (χ2n) is 11.6. The molecule has 0 unspecified atom stereocenters. The first kappa shape index (κ1) is 32.5. The highest BCUT2D eigenvalue weighted by Gasteiger charge is 2.31. The van der Waals surface area contributed by atoms with Gasteiger partial charge in [-0.1, -0.05) is 13.8 Å². The summed E-state index contributed by atoms with van der Waals surface area (Å²) in [5.74, 6) is 0.403. The number of alkyl halides is 4. The molecule has 4 aromatic rings. The molecule has 240 valence electrons. The average molecular weight is 637 g/mol. The molecule has 12 heteroatoms. The van der Waals surface area contributed by atoms with Crippen LogP contribution in [0.25, 0.3) is 22.6 Å². The van der Waals surface area contributed by atoms with Gasteiger partial charge in [-0.15, -0.1) is 0 Å². The molecule has 0 aliphatic carbocycles. The smallest absolute Gasteiger partial charge is 0.416 e. The zero-order valence-corrected chi connectivity index (χ0v) is 25.3. The molecule has 0 saturated carbocycles. The normalized spacial score (nSPS) is 14.0. The number of fused-ring (bicyclic) bond motifs is 1. The lowest BCUT2D eigenvalue weighted by Gasteiger charge is -2.31. The molecular weight excluding hydrogens is 604 g/mol. The zero-order chi connectivity index (χ0) is 33.0. The van der Waals surface area contributed by atoms with E-state index in [4.69, 9.17) is 9.15 Å². The fourth-order valence-corrected chi connectivity index (χ4v) is 5.42. The van der Waals surface area contributed by atoms with Crippen LogP contribution in [-0.2, 0) is 24.2 Å². The monoisotopic (exact) mass is 636 g/mol. The van der Waals surface area contributed by atoms with Gasteiger partial charge in [0.1, 0.15) is 18.8 Å². The molecule has 1 aliphatic heterocycles. The van der Waals surface area contributed by atoms with Crippen molar-refractivity contribution in [1.82, 2.24) is 15.2 Å². The number of rotatable bonds is 8. The highest BCUT2D eigenvalue weighted by atomic mass is 19.4. The maximum atomic E-state index is 13.1. The fourth-order valence-electron chi connectivity index (χ4n) is 5.42. The van der Waals surface area contributed by atoms with Crippen LogP contribution in [0.5, 0.6) is 0 Å². The number of likely N-dealkylation sites (tertiary alicyclic amines) is 1. The summed E-state index contributed by atoms with van der Waals surface area (Å²) >= 11 is 0. The number of benzene rings is 3. The van der Waals surface area contributed by atoms with Crippen molar-refractivity contribution in [3.8, 4) is 17.5 Å². The fraction of sp³-hybridized carbons (Fsp3) is 0.353. The van der Waals surface area contributed by atoms with Crippen LogP contribution in [0.15, 0.2) is 59.0 Å². The second-order valence-corrected chi connectivity index (χ2v) is 11.6. The Hall–Kier alpha value is -4.92. The zero-order valence-electron chi connectivity index (χ0n) is 25.3. The molecular formula is C34H32F4N4O4. The Kier molecular flexibility index (Phi) is 9.60. The standard InChI is InChI=1S/C34H32F4N4O4/c1-20(2)28-14-23(17-39)15-29-30(28)46-32(41-29)26-5-3-25(4-6-26)31(43)40-18-21-7-9-42(10-8-21)33(44)45-19-24-11-22(16-35)12-27(13-24)34(36,37)38/h3-6,11-15,20-21H,7-10,16,18-19H2,1-2H3,(H,40,43). The van der Waals surface area contributed by atoms with Crippen LogP contribution < -0.4 is 5.32 Å². The minimum atomic E-state index is -4.64. The Balaban J connectivity index is 1.11. The summed E-state index contributed by atoms with van der Waals surface area (Å²) in [5, 5.41) is 12.3. The van der Waals surface area contributed by atoms with Gasteiger partial charge in [0.2, 0.25) is 5.89 Å². The molecule has 2 heterocycles. The Bertz CT molecular complexity index is 1770. The maximum Gasteiger partial charge on any atom is 0.416 e. The lowest BCUT2D eigenvalue weighted by Crippen LogP contribution is -2.41. The summed E-state index contributed by atoms with van der Waals surface area (Å²) in [5.41, 5.74) is 2.72. The minimum absolute atomic E-state index is 0.0600. The molecule has 5 rings (SSSR count). The SMILES string of the molecule is CC(C)c1cc(C#N)cc2nc(-c3ccc(C(=O)NCC4CCN(C(=O)OCc5cc(CF)cc(C(F)(F)F)c5)CC4)cc3)oc12. The number of nitriles is 1. The number of carbonyl (C=O) groups excluding carboxylic acids is 2. The van der Waals surface area contributed by atoms with E-state index >= 15 is 0 Å². The third-order valence-corrected chi connectivity index (χ3v) is 7.98. The number of halogens is 4. The van der Waals surface area contributed by atoms with E-state index in [0.717, 1.165) is 17.7 Å². The largest absolute Gasteiger partial charge is 0.445 e. The Labute approximate surface area is 263 Å². The second kappa shape index (κ2) is 13.6. The molecule has 0 spiro atoms. The third kappa shape index (κ3) is 7.47. The van der Waals surface area contributed by atoms with Crippen molar-refractivity contribution >= 4 is 23.1 Å². The van der Waals surface area contributed by atoms with Gasteiger partial charge in [0.05, 0.1) is 17.2 Å². The van der Waals surface area contributed by atoms with Gasteiger partial charge < -0.3 is 19.4 Å². The van der Waals surface area contributed by atoms with Gasteiger partial charge in [0.25, 0.3) is 5.91 Å². The van der Waals surface area contributed by atoms with Crippen molar-refractivity contribution in [2.24, 2.45) is 5.92 Å². The lowest BCUT2D eigenvalue weighted by molar-refractivity contribution is -0.137. The number of nitrogens with zero attached hydrogens (tertiary/aromatic N) is 3. The molecule has 1 N–H and O–H groups in total. The van der Waals surface area contributed by atoms with Crippen LogP contribution in [0.3, 0.4) is 0 Å². The van der Waals surface area contributed by atoms with E-state index in [1.807, 2.05) is 13.8 Å². The van der Waals surface area contributed by atoms with Crippen LogP contribution in [-0.4, -0.2) is 41.5 Å². The first-order valence-corrected chi connectivity index (χ1v) is 14.9. The Morgan fingerprint density at radius 1 is 1.09 bits per heavy atom. The van der Waals surface area contributed by atoms with E-state index in [1.165, 1.54) is 11.0 Å². The molecule has 3 aromatic carbocycles. The Morgan fingerprint density at radius 3 is 2.41 bits per heavy atom. The summed E-state index contributed by atoms with van der Waals surface area (Å²) in [4.78, 5) is 31.4. The molecule has 0 radical (unpaired) electrons. The highest BCUT2D eigenvalue weighted by molar-refractivity contribution is 5.94. The Morgan fingerprint density at radius 2 is 1.78 bits per heavy atom. The van der Waals surface area contributed by atoms with Crippen molar-refractivity contribution in [3.63, 3.8) is 0 Å². The topological polar surface area (TPSA) is 108 Å². The summed E-state index contributed by atoms with van der Waals surface area (Å²) in [6, 6.07) is 15.4. The van der Waals surface area contributed by atoms with Crippen LogP contribution in [0, 0.1) is 17.2 Å². The lowest BCUT2D eigenvalue weighted by atomic mass is 9.97. The molecule has 1 aliphatic rings. The minimum Gasteiger partial charge on any atom is -0.445 e. The van der Waals surface area contributed by atoms with Crippen LogP contribution in [0.2, 0.25) is 0 Å². The van der Waals surface area contributed by atoms with E-state index < -0.39 is 31.1 Å². The van der Waals surface area contributed by atoms with Crippen LogP contribution >= 0.6 is 0 Å². The van der Waals surface area contributed by atoms with Crippen molar-refractivity contribution in [2.45, 2.75) is 52.1 Å². The average Bonchev–Trinajstić information content (AvgIpc) is 3.49. The number of ether oxygens (including phenoxy) is 1. The van der Waals surface area contributed by atoms with E-state index in [0.29, 0.717) is 66.2 Å². The van der Waals surface area contributed by atoms with Gasteiger partial charge >= 0.3 is 12.3 Å².